The largest absolute Gasteiger partial charge is 0.481 e. The van der Waals surface area contributed by atoms with Crippen molar-refractivity contribution >= 4 is 23.9 Å². The van der Waals surface area contributed by atoms with E-state index in [1.165, 1.54) is 6.92 Å². The zero-order valence-electron chi connectivity index (χ0n) is 14.4. The molecule has 0 amide bonds. The van der Waals surface area contributed by atoms with Gasteiger partial charge in [0.1, 0.15) is 0 Å². The third-order valence-corrected chi connectivity index (χ3v) is 3.23. The minimum absolute atomic E-state index is 0.213. The summed E-state index contributed by atoms with van der Waals surface area (Å²) in [6.45, 7) is 4.80. The molecule has 1 rings (SSSR count). The molecule has 142 valence electrons. The van der Waals surface area contributed by atoms with Crippen LogP contribution < -0.4 is 0 Å². The molecule has 0 radical (unpaired) electrons. The van der Waals surface area contributed by atoms with E-state index in [1.807, 2.05) is 0 Å². The summed E-state index contributed by atoms with van der Waals surface area (Å²) >= 11 is 0. The van der Waals surface area contributed by atoms with Crippen molar-refractivity contribution in [1.82, 2.24) is 0 Å². The molecular weight excluding hydrogens is 340 g/mol. The van der Waals surface area contributed by atoms with Crippen LogP contribution in [0.3, 0.4) is 0 Å². The van der Waals surface area contributed by atoms with Crippen molar-refractivity contribution in [1.29, 1.82) is 0 Å². The summed E-state index contributed by atoms with van der Waals surface area (Å²) in [5, 5.41) is 8.69. The van der Waals surface area contributed by atoms with Crippen LogP contribution in [0.25, 0.3) is 0 Å². The van der Waals surface area contributed by atoms with Gasteiger partial charge >= 0.3 is 23.9 Å². The van der Waals surface area contributed by atoms with Crippen LogP contribution >= 0.6 is 0 Å². The molecule has 1 N–H and O–H groups in total. The van der Waals surface area contributed by atoms with Crippen LogP contribution in [-0.2, 0) is 42.9 Å². The van der Waals surface area contributed by atoms with Gasteiger partial charge in [0, 0.05) is 20.8 Å². The van der Waals surface area contributed by atoms with Gasteiger partial charge in [-0.15, -0.1) is 0 Å². The summed E-state index contributed by atoms with van der Waals surface area (Å²) in [6, 6.07) is 0. The van der Waals surface area contributed by atoms with Gasteiger partial charge in [-0.3, -0.25) is 19.2 Å². The third-order valence-electron chi connectivity index (χ3n) is 3.23. The van der Waals surface area contributed by atoms with Crippen molar-refractivity contribution < 1.29 is 48.0 Å². The molecule has 0 bridgehead atoms. The first-order chi connectivity index (χ1) is 11.6. The van der Waals surface area contributed by atoms with Crippen LogP contribution in [-0.4, -0.2) is 66.3 Å². The Morgan fingerprint density at radius 3 is 1.84 bits per heavy atom. The average Bonchev–Trinajstić information content (AvgIpc) is 2.45. The minimum atomic E-state index is -1.23. The van der Waals surface area contributed by atoms with E-state index in [9.17, 15) is 19.2 Å². The Labute approximate surface area is 144 Å². The Hall–Kier alpha value is -2.20. The van der Waals surface area contributed by atoms with Crippen LogP contribution in [0.2, 0.25) is 0 Å². The lowest BCUT2D eigenvalue weighted by atomic mass is 9.99. The van der Waals surface area contributed by atoms with Crippen molar-refractivity contribution in [3.8, 4) is 0 Å². The summed E-state index contributed by atoms with van der Waals surface area (Å²) in [7, 11) is 0. The molecule has 1 aliphatic heterocycles. The van der Waals surface area contributed by atoms with Crippen LogP contribution in [0.1, 0.15) is 34.1 Å². The summed E-state index contributed by atoms with van der Waals surface area (Å²) in [4.78, 5) is 44.8. The van der Waals surface area contributed by atoms with Crippen molar-refractivity contribution in [2.75, 3.05) is 6.61 Å². The van der Waals surface area contributed by atoms with E-state index in [0.29, 0.717) is 0 Å². The molecular formula is C15H22O10. The number of rotatable bonds is 7. The van der Waals surface area contributed by atoms with E-state index in [0.717, 1.165) is 13.8 Å². The molecule has 0 spiro atoms. The summed E-state index contributed by atoms with van der Waals surface area (Å²) < 4.78 is 26.3. The Balaban J connectivity index is 3.04. The molecule has 0 aromatic heterocycles. The lowest BCUT2D eigenvalue weighted by Gasteiger charge is -2.43. The van der Waals surface area contributed by atoms with Crippen molar-refractivity contribution in [2.24, 2.45) is 0 Å². The number of hydrogen-bond donors (Lipinski definition) is 1. The second-order valence-corrected chi connectivity index (χ2v) is 5.45. The van der Waals surface area contributed by atoms with E-state index in [4.69, 9.17) is 28.8 Å². The molecule has 10 nitrogen and oxygen atoms in total. The Morgan fingerprint density at radius 1 is 0.880 bits per heavy atom. The molecule has 1 saturated heterocycles. The predicted octanol–water partition coefficient (Wildman–Crippen LogP) is 0.0176. The molecule has 1 aliphatic rings. The second-order valence-electron chi connectivity index (χ2n) is 5.45. The number of carbonyl (C=O) groups is 4. The van der Waals surface area contributed by atoms with Gasteiger partial charge in [0.25, 0.3) is 0 Å². The maximum absolute atomic E-state index is 11.4. The van der Waals surface area contributed by atoms with Gasteiger partial charge in [-0.05, 0) is 6.92 Å². The molecule has 1 heterocycles. The number of esters is 3. The van der Waals surface area contributed by atoms with Gasteiger partial charge in [0.15, 0.2) is 24.6 Å². The van der Waals surface area contributed by atoms with Gasteiger partial charge < -0.3 is 28.8 Å². The number of hydrogen-bond acceptors (Lipinski definition) is 9. The fraction of sp³-hybridized carbons (Fsp3) is 0.733. The lowest BCUT2D eigenvalue weighted by Crippen LogP contribution is -2.61. The summed E-state index contributed by atoms with van der Waals surface area (Å²) in [5.74, 6) is -3.10. The summed E-state index contributed by atoms with van der Waals surface area (Å²) in [5.41, 5.74) is 0. The monoisotopic (exact) mass is 362 g/mol. The second kappa shape index (κ2) is 9.33. The molecule has 5 atom stereocenters. The first kappa shape index (κ1) is 20.8. The standard InChI is InChI=1S/C15H22O10/c1-7-12(23-8(2)16)13(24-9(3)17)14(25-10(4)18)15(22-7)21-6-5-11(19)20/h7,12-15H,5-6H2,1-4H3,(H,19,20)/t7?,12-,13-,14?,15+/m0/s1. The van der Waals surface area contributed by atoms with Crippen LogP contribution in [0.4, 0.5) is 0 Å². The SMILES string of the molecule is CC(=O)OC1[C@H](OCCC(=O)O)OC(C)[C@H](OC(C)=O)[C@@H]1OC(C)=O. The fourth-order valence-corrected chi connectivity index (χ4v) is 2.37. The van der Waals surface area contributed by atoms with E-state index >= 15 is 0 Å². The molecule has 0 aromatic carbocycles. The van der Waals surface area contributed by atoms with E-state index in [-0.39, 0.29) is 13.0 Å². The molecule has 0 saturated carbocycles. The Kier molecular flexibility index (Phi) is 7.78. The number of ether oxygens (including phenoxy) is 5. The lowest BCUT2D eigenvalue weighted by molar-refractivity contribution is -0.300. The van der Waals surface area contributed by atoms with Crippen LogP contribution in [0.5, 0.6) is 0 Å². The highest BCUT2D eigenvalue weighted by molar-refractivity contribution is 5.68. The van der Waals surface area contributed by atoms with Crippen molar-refractivity contribution in [2.45, 2.75) is 64.8 Å². The third kappa shape index (κ3) is 6.67. The fourth-order valence-electron chi connectivity index (χ4n) is 2.37. The molecule has 2 unspecified atom stereocenters. The van der Waals surface area contributed by atoms with E-state index < -0.39 is 54.6 Å². The molecule has 1 fully saturated rings. The number of aliphatic carboxylic acids is 1. The van der Waals surface area contributed by atoms with Gasteiger partial charge in [0.05, 0.1) is 19.1 Å². The smallest absolute Gasteiger partial charge is 0.305 e. The maximum Gasteiger partial charge on any atom is 0.305 e. The van der Waals surface area contributed by atoms with Gasteiger partial charge in [0.2, 0.25) is 0 Å². The number of carbonyl (C=O) groups excluding carboxylic acids is 3. The minimum Gasteiger partial charge on any atom is -0.481 e. The molecule has 0 aromatic rings. The van der Waals surface area contributed by atoms with Crippen LogP contribution in [0, 0.1) is 0 Å². The number of carboxylic acid groups (broad SMARTS) is 1. The van der Waals surface area contributed by atoms with E-state index in [2.05, 4.69) is 0 Å². The maximum atomic E-state index is 11.4. The average molecular weight is 362 g/mol. The van der Waals surface area contributed by atoms with Gasteiger partial charge in [-0.2, -0.15) is 0 Å². The van der Waals surface area contributed by atoms with Crippen molar-refractivity contribution in [3.63, 3.8) is 0 Å². The zero-order chi connectivity index (χ0) is 19.1. The first-order valence-electron chi connectivity index (χ1n) is 7.62. The quantitative estimate of drug-likeness (QED) is 0.487. The highest BCUT2D eigenvalue weighted by atomic mass is 16.7. The normalized spacial score (nSPS) is 28.7. The highest BCUT2D eigenvalue weighted by Crippen LogP contribution is 2.29. The van der Waals surface area contributed by atoms with Crippen LogP contribution in [0.15, 0.2) is 0 Å². The molecule has 0 aliphatic carbocycles. The first-order valence-corrected chi connectivity index (χ1v) is 7.62. The Bertz CT molecular complexity index is 516. The Morgan fingerprint density at radius 2 is 1.36 bits per heavy atom. The van der Waals surface area contributed by atoms with Gasteiger partial charge in [-0.1, -0.05) is 0 Å². The molecule has 25 heavy (non-hydrogen) atoms. The van der Waals surface area contributed by atoms with Crippen molar-refractivity contribution in [3.05, 3.63) is 0 Å². The predicted molar refractivity (Wildman–Crippen MR) is 79.2 cm³/mol. The topological polar surface area (TPSA) is 135 Å². The van der Waals surface area contributed by atoms with E-state index in [1.54, 1.807) is 6.92 Å². The highest BCUT2D eigenvalue weighted by Gasteiger charge is 2.50. The summed E-state index contributed by atoms with van der Waals surface area (Å²) in [6.07, 6.45) is -5.65. The van der Waals surface area contributed by atoms with Gasteiger partial charge in [-0.25, -0.2) is 0 Å². The molecule has 10 heteroatoms. The number of carboxylic acids is 1. The zero-order valence-corrected chi connectivity index (χ0v) is 14.4.